The van der Waals surface area contributed by atoms with Crippen molar-refractivity contribution in [3.63, 3.8) is 0 Å². The number of hydrogen-bond donors (Lipinski definition) is 0. The molecule has 0 aromatic carbocycles. The summed E-state index contributed by atoms with van der Waals surface area (Å²) in [5.41, 5.74) is 0.330. The lowest BCUT2D eigenvalue weighted by Crippen LogP contribution is -2.08. The van der Waals surface area contributed by atoms with Crippen LogP contribution in [-0.4, -0.2) is 21.3 Å². The highest BCUT2D eigenvalue weighted by molar-refractivity contribution is 9.10. The van der Waals surface area contributed by atoms with E-state index in [0.29, 0.717) is 10.6 Å². The second kappa shape index (κ2) is 4.93. The number of carbonyl (C=O) groups excluding carboxylic acids is 2. The minimum absolute atomic E-state index is 0.135. The highest BCUT2D eigenvalue weighted by Crippen LogP contribution is 2.21. The van der Waals surface area contributed by atoms with Crippen LogP contribution >= 0.6 is 27.3 Å². The molecule has 0 saturated heterocycles. The molecule has 0 fully saturated rings. The molecular weight excluding hydrogens is 304 g/mol. The fourth-order valence-electron chi connectivity index (χ4n) is 1.35. The smallest absolute Gasteiger partial charge is 0.190 e. The molecule has 2 heterocycles. The Labute approximate surface area is 110 Å². The predicted octanol–water partition coefficient (Wildman–Crippen LogP) is 2.70. The third-order valence-electron chi connectivity index (χ3n) is 2.16. The lowest BCUT2D eigenvalue weighted by molar-refractivity contribution is 0.0893. The monoisotopic (exact) mass is 312 g/mol. The number of halogens is 1. The first-order chi connectivity index (χ1) is 8.06. The van der Waals surface area contributed by atoms with Gasteiger partial charge >= 0.3 is 0 Å². The third-order valence-corrected chi connectivity index (χ3v) is 3.89. The van der Waals surface area contributed by atoms with Crippen LogP contribution in [0.1, 0.15) is 26.6 Å². The number of aryl methyl sites for hydroxylation is 1. The summed E-state index contributed by atoms with van der Waals surface area (Å²) < 4.78 is 2.40. The van der Waals surface area contributed by atoms with E-state index in [0.717, 1.165) is 4.47 Å². The van der Waals surface area contributed by atoms with Gasteiger partial charge in [0.15, 0.2) is 11.6 Å². The predicted molar refractivity (Wildman–Crippen MR) is 68.5 cm³/mol. The maximum Gasteiger partial charge on any atom is 0.190 e. The van der Waals surface area contributed by atoms with E-state index >= 15 is 0 Å². The fourth-order valence-corrected chi connectivity index (χ4v) is 2.71. The molecule has 0 aliphatic heterocycles. The largest absolute Gasteiger partial charge is 0.293 e. The van der Waals surface area contributed by atoms with Crippen LogP contribution in [0.25, 0.3) is 0 Å². The SMILES string of the molecule is Cn1ccc(C(=O)CC(=O)c2cc(Br)cs2)n1. The average molecular weight is 313 g/mol. The van der Waals surface area contributed by atoms with E-state index in [1.165, 1.54) is 11.3 Å². The second-order valence-corrected chi connectivity index (χ2v) is 5.35. The van der Waals surface area contributed by atoms with E-state index in [-0.39, 0.29) is 18.0 Å². The van der Waals surface area contributed by atoms with Crippen LogP contribution in [0.5, 0.6) is 0 Å². The molecular formula is C11H9BrN2O2S. The summed E-state index contributed by atoms with van der Waals surface area (Å²) in [5.74, 6) is -0.420. The molecule has 0 saturated carbocycles. The first-order valence-corrected chi connectivity index (χ1v) is 6.53. The number of nitrogens with zero attached hydrogens (tertiary/aromatic N) is 2. The molecule has 0 unspecified atom stereocenters. The molecule has 0 aliphatic carbocycles. The number of ketones is 2. The van der Waals surface area contributed by atoms with Gasteiger partial charge in [-0.3, -0.25) is 14.3 Å². The molecule has 0 amide bonds. The van der Waals surface area contributed by atoms with Gasteiger partial charge in [0, 0.05) is 23.1 Å². The van der Waals surface area contributed by atoms with Crippen molar-refractivity contribution < 1.29 is 9.59 Å². The first-order valence-electron chi connectivity index (χ1n) is 4.86. The molecule has 6 heteroatoms. The standard InChI is InChI=1S/C11H9BrN2O2S/c1-14-3-2-8(13-14)9(15)5-10(16)11-4-7(12)6-17-11/h2-4,6H,5H2,1H3. The van der Waals surface area contributed by atoms with Gasteiger partial charge in [0.25, 0.3) is 0 Å². The van der Waals surface area contributed by atoms with Crippen LogP contribution in [-0.2, 0) is 7.05 Å². The van der Waals surface area contributed by atoms with Crippen molar-refractivity contribution >= 4 is 38.8 Å². The first kappa shape index (κ1) is 12.2. The molecule has 2 aromatic rings. The van der Waals surface area contributed by atoms with Gasteiger partial charge < -0.3 is 0 Å². The van der Waals surface area contributed by atoms with E-state index in [4.69, 9.17) is 0 Å². The Bertz CT molecular complexity index is 523. The minimum atomic E-state index is -0.250. The van der Waals surface area contributed by atoms with Gasteiger partial charge in [0.05, 0.1) is 11.3 Å². The normalized spacial score (nSPS) is 10.5. The van der Waals surface area contributed by atoms with E-state index < -0.39 is 0 Å². The maximum atomic E-state index is 11.8. The quantitative estimate of drug-likeness (QED) is 0.644. The van der Waals surface area contributed by atoms with E-state index in [2.05, 4.69) is 21.0 Å². The third kappa shape index (κ3) is 2.89. The Morgan fingerprint density at radius 1 is 1.47 bits per heavy atom. The Balaban J connectivity index is 2.07. The van der Waals surface area contributed by atoms with Crippen LogP contribution in [0, 0.1) is 0 Å². The van der Waals surface area contributed by atoms with Gasteiger partial charge in [-0.15, -0.1) is 11.3 Å². The van der Waals surface area contributed by atoms with Gasteiger partial charge in [-0.1, -0.05) is 0 Å². The fraction of sp³-hybridized carbons (Fsp3) is 0.182. The number of carbonyl (C=O) groups is 2. The molecule has 0 atom stereocenters. The van der Waals surface area contributed by atoms with Crippen LogP contribution in [0.4, 0.5) is 0 Å². The second-order valence-electron chi connectivity index (χ2n) is 3.53. The molecule has 0 N–H and O–H groups in total. The van der Waals surface area contributed by atoms with Crippen LogP contribution in [0.15, 0.2) is 28.2 Å². The van der Waals surface area contributed by atoms with Crippen LogP contribution in [0.3, 0.4) is 0 Å². The molecule has 0 aliphatic rings. The Kier molecular flexibility index (Phi) is 3.54. The molecule has 2 rings (SSSR count). The van der Waals surface area contributed by atoms with Gasteiger partial charge in [-0.05, 0) is 28.1 Å². The summed E-state index contributed by atoms with van der Waals surface area (Å²) in [6.45, 7) is 0. The number of rotatable bonds is 4. The average Bonchev–Trinajstić information content (AvgIpc) is 2.87. The minimum Gasteiger partial charge on any atom is -0.293 e. The van der Waals surface area contributed by atoms with Crippen molar-refractivity contribution in [2.75, 3.05) is 0 Å². The zero-order valence-electron chi connectivity index (χ0n) is 9.01. The van der Waals surface area contributed by atoms with Gasteiger partial charge in [-0.2, -0.15) is 5.10 Å². The summed E-state index contributed by atoms with van der Waals surface area (Å²) in [4.78, 5) is 24.1. The van der Waals surface area contributed by atoms with Crippen LogP contribution in [0.2, 0.25) is 0 Å². The lowest BCUT2D eigenvalue weighted by atomic mass is 10.1. The highest BCUT2D eigenvalue weighted by atomic mass is 79.9. The summed E-state index contributed by atoms with van der Waals surface area (Å²) in [5, 5.41) is 5.79. The molecule has 0 bridgehead atoms. The Morgan fingerprint density at radius 2 is 2.24 bits per heavy atom. The molecule has 17 heavy (non-hydrogen) atoms. The number of Topliss-reactive ketones (excluding diaryl/α,β-unsaturated/α-hetero) is 2. The molecule has 4 nitrogen and oxygen atoms in total. The molecule has 88 valence electrons. The molecule has 2 aromatic heterocycles. The van der Waals surface area contributed by atoms with Crippen LogP contribution < -0.4 is 0 Å². The van der Waals surface area contributed by atoms with Crippen molar-refractivity contribution in [2.45, 2.75) is 6.42 Å². The Hall–Kier alpha value is -1.27. The van der Waals surface area contributed by atoms with Gasteiger partial charge in [0.1, 0.15) is 5.69 Å². The summed E-state index contributed by atoms with van der Waals surface area (Å²) in [7, 11) is 1.73. The van der Waals surface area contributed by atoms with Crippen molar-refractivity contribution in [3.05, 3.63) is 38.8 Å². The van der Waals surface area contributed by atoms with E-state index in [1.807, 2.05) is 5.38 Å². The van der Waals surface area contributed by atoms with Crippen molar-refractivity contribution in [1.29, 1.82) is 0 Å². The summed E-state index contributed by atoms with van der Waals surface area (Å²) >= 11 is 4.60. The zero-order chi connectivity index (χ0) is 12.4. The van der Waals surface area contributed by atoms with Crippen molar-refractivity contribution in [3.8, 4) is 0 Å². The van der Waals surface area contributed by atoms with E-state index in [1.54, 1.807) is 30.1 Å². The van der Waals surface area contributed by atoms with E-state index in [9.17, 15) is 9.59 Å². The number of thiophene rings is 1. The van der Waals surface area contributed by atoms with Gasteiger partial charge in [-0.25, -0.2) is 0 Å². The number of aromatic nitrogens is 2. The summed E-state index contributed by atoms with van der Waals surface area (Å²) in [6.07, 6.45) is 1.55. The highest BCUT2D eigenvalue weighted by Gasteiger charge is 2.16. The van der Waals surface area contributed by atoms with Crippen molar-refractivity contribution in [2.24, 2.45) is 7.05 Å². The molecule has 0 spiro atoms. The number of hydrogen-bond acceptors (Lipinski definition) is 4. The lowest BCUT2D eigenvalue weighted by Gasteiger charge is -1.95. The van der Waals surface area contributed by atoms with Gasteiger partial charge in [0.2, 0.25) is 0 Å². The zero-order valence-corrected chi connectivity index (χ0v) is 11.4. The van der Waals surface area contributed by atoms with Crippen molar-refractivity contribution in [1.82, 2.24) is 9.78 Å². The Morgan fingerprint density at radius 3 is 2.76 bits per heavy atom. The summed E-state index contributed by atoms with van der Waals surface area (Å²) in [6, 6.07) is 3.33. The topological polar surface area (TPSA) is 52.0 Å². The maximum absolute atomic E-state index is 11.8. The molecule has 0 radical (unpaired) electrons.